The molecule has 4 rings (SSSR count). The maximum Gasteiger partial charge on any atom is 0.321 e. The van der Waals surface area contributed by atoms with Crippen LogP contribution in [0.2, 0.25) is 5.02 Å². The Labute approximate surface area is 205 Å². The highest BCUT2D eigenvalue weighted by molar-refractivity contribution is 6.31. The third kappa shape index (κ3) is 5.78. The van der Waals surface area contributed by atoms with Crippen molar-refractivity contribution >= 4 is 40.9 Å². The normalized spacial score (nSPS) is 15.1. The minimum absolute atomic E-state index is 0.0220. The number of halogens is 2. The summed E-state index contributed by atoms with van der Waals surface area (Å²) in [5, 5.41) is 5.57. The van der Waals surface area contributed by atoms with Crippen LogP contribution in [0, 0.1) is 5.82 Å². The average molecular weight is 499 g/mol. The molecular weight excluding hydrogens is 475 g/mol. The van der Waals surface area contributed by atoms with Crippen molar-refractivity contribution in [3.8, 4) is 0 Å². The quantitative estimate of drug-likeness (QED) is 0.494. The lowest BCUT2D eigenvalue weighted by molar-refractivity contribution is 0.102. The second kappa shape index (κ2) is 10.1. The first kappa shape index (κ1) is 24.2. The molecule has 1 fully saturated rings. The van der Waals surface area contributed by atoms with Crippen LogP contribution >= 0.6 is 11.6 Å². The van der Waals surface area contributed by atoms with Crippen molar-refractivity contribution in [3.05, 3.63) is 81.0 Å². The number of benzene rings is 2. The molecule has 0 aliphatic carbocycles. The van der Waals surface area contributed by atoms with E-state index in [0.29, 0.717) is 41.7 Å². The average Bonchev–Trinajstić information content (AvgIpc) is 3.31. The second-order valence-electron chi connectivity index (χ2n) is 8.41. The molecule has 1 aliphatic rings. The van der Waals surface area contributed by atoms with Gasteiger partial charge in [0.05, 0.1) is 11.4 Å². The summed E-state index contributed by atoms with van der Waals surface area (Å²) in [6, 6.07) is 11.4. The number of aromatic amines is 1. The summed E-state index contributed by atoms with van der Waals surface area (Å²) in [6.45, 7) is 0.851. The lowest BCUT2D eigenvalue weighted by Gasteiger charge is -2.18. The van der Waals surface area contributed by atoms with Crippen LogP contribution in [-0.2, 0) is 0 Å². The van der Waals surface area contributed by atoms with Gasteiger partial charge in [-0.2, -0.15) is 0 Å². The monoisotopic (exact) mass is 498 g/mol. The molecule has 3 N–H and O–H groups in total. The summed E-state index contributed by atoms with van der Waals surface area (Å²) in [4.78, 5) is 47.5. The number of carbonyl (C=O) groups is 2. The van der Waals surface area contributed by atoms with Gasteiger partial charge in [0.2, 0.25) is 5.95 Å². The van der Waals surface area contributed by atoms with Crippen LogP contribution in [0.4, 0.5) is 26.5 Å². The number of hydrogen-bond donors (Lipinski definition) is 3. The summed E-state index contributed by atoms with van der Waals surface area (Å²) in [5.41, 5.74) is 0.899. The van der Waals surface area contributed by atoms with Crippen molar-refractivity contribution in [1.29, 1.82) is 0 Å². The second-order valence-corrected chi connectivity index (χ2v) is 8.85. The standard InChI is InChI=1S/C24H24ClFN6O3/c1-31(2)23-29-20(12-21(33)30-23)15-8-9-32(13-15)24(35)27-17-6-7-19(18(26)11-17)28-22(34)14-4-3-5-16(25)10-14/h3-7,10-12,15H,8-9,13H2,1-2H3,(H,27,35)(H,28,34)(H,29,30,33). The highest BCUT2D eigenvalue weighted by Crippen LogP contribution is 2.27. The maximum absolute atomic E-state index is 14.6. The molecule has 35 heavy (non-hydrogen) atoms. The van der Waals surface area contributed by atoms with E-state index in [9.17, 15) is 18.8 Å². The third-order valence-corrected chi connectivity index (χ3v) is 5.86. The van der Waals surface area contributed by atoms with Crippen molar-refractivity contribution in [2.45, 2.75) is 12.3 Å². The summed E-state index contributed by atoms with van der Waals surface area (Å²) in [7, 11) is 3.56. The lowest BCUT2D eigenvalue weighted by atomic mass is 10.1. The Balaban J connectivity index is 1.38. The van der Waals surface area contributed by atoms with Crippen LogP contribution in [0.25, 0.3) is 0 Å². The molecule has 11 heteroatoms. The van der Waals surface area contributed by atoms with E-state index in [1.807, 2.05) is 0 Å². The number of anilines is 3. The Hall–Kier alpha value is -3.92. The first-order valence-corrected chi connectivity index (χ1v) is 11.3. The molecule has 1 atom stereocenters. The lowest BCUT2D eigenvalue weighted by Crippen LogP contribution is -2.33. The van der Waals surface area contributed by atoms with Gasteiger partial charge in [-0.25, -0.2) is 14.2 Å². The third-order valence-electron chi connectivity index (χ3n) is 5.62. The summed E-state index contributed by atoms with van der Waals surface area (Å²) < 4.78 is 14.6. The molecule has 1 unspecified atom stereocenters. The van der Waals surface area contributed by atoms with E-state index in [1.54, 1.807) is 42.1 Å². The first-order valence-electron chi connectivity index (χ1n) is 10.9. The largest absolute Gasteiger partial charge is 0.348 e. The summed E-state index contributed by atoms with van der Waals surface area (Å²) in [6.07, 6.45) is 0.652. The Bertz CT molecular complexity index is 1330. The first-order chi connectivity index (χ1) is 16.7. The van der Waals surface area contributed by atoms with Gasteiger partial charge in [-0.15, -0.1) is 0 Å². The minimum atomic E-state index is -0.693. The molecule has 1 aliphatic heterocycles. The van der Waals surface area contributed by atoms with Gasteiger partial charge in [0.15, 0.2) is 0 Å². The number of nitrogens with zero attached hydrogens (tertiary/aromatic N) is 3. The van der Waals surface area contributed by atoms with E-state index in [-0.39, 0.29) is 28.9 Å². The SMILES string of the molecule is CN(C)c1nc(C2CCN(C(=O)Nc3ccc(NC(=O)c4cccc(Cl)c4)c(F)c3)C2)cc(=O)[nH]1. The molecule has 2 aromatic carbocycles. The predicted molar refractivity (Wildman–Crippen MR) is 133 cm³/mol. The van der Waals surface area contributed by atoms with Crippen LogP contribution < -0.4 is 21.1 Å². The number of H-pyrrole nitrogens is 1. The Morgan fingerprint density at radius 1 is 1.17 bits per heavy atom. The smallest absolute Gasteiger partial charge is 0.321 e. The van der Waals surface area contributed by atoms with E-state index >= 15 is 0 Å². The van der Waals surface area contributed by atoms with Crippen LogP contribution in [0.1, 0.15) is 28.4 Å². The molecule has 1 saturated heterocycles. The molecule has 0 radical (unpaired) electrons. The molecular formula is C24H24ClFN6O3. The highest BCUT2D eigenvalue weighted by atomic mass is 35.5. The zero-order valence-electron chi connectivity index (χ0n) is 19.1. The number of likely N-dealkylation sites (tertiary alicyclic amines) is 1. The van der Waals surface area contributed by atoms with Crippen molar-refractivity contribution in [1.82, 2.24) is 14.9 Å². The molecule has 0 spiro atoms. The molecule has 0 bridgehead atoms. The van der Waals surface area contributed by atoms with E-state index in [0.717, 1.165) is 6.07 Å². The molecule has 3 amide bonds. The van der Waals surface area contributed by atoms with Gasteiger partial charge in [-0.05, 0) is 42.8 Å². The number of urea groups is 1. The van der Waals surface area contributed by atoms with Gasteiger partial charge in [0.1, 0.15) is 5.82 Å². The van der Waals surface area contributed by atoms with E-state index < -0.39 is 11.7 Å². The molecule has 3 aromatic rings. The van der Waals surface area contributed by atoms with Gasteiger partial charge in [-0.1, -0.05) is 17.7 Å². The Kier molecular flexibility index (Phi) is 7.02. The molecule has 182 valence electrons. The van der Waals surface area contributed by atoms with Crippen LogP contribution in [0.3, 0.4) is 0 Å². The van der Waals surface area contributed by atoms with Gasteiger partial charge in [-0.3, -0.25) is 14.6 Å². The van der Waals surface area contributed by atoms with Crippen LogP contribution in [-0.4, -0.2) is 54.0 Å². The Morgan fingerprint density at radius 2 is 1.97 bits per heavy atom. The fourth-order valence-electron chi connectivity index (χ4n) is 3.79. The molecule has 0 saturated carbocycles. The van der Waals surface area contributed by atoms with Gasteiger partial charge >= 0.3 is 6.03 Å². The van der Waals surface area contributed by atoms with Gasteiger partial charge in [0.25, 0.3) is 11.5 Å². The van der Waals surface area contributed by atoms with Crippen molar-refractivity contribution in [2.75, 3.05) is 42.7 Å². The number of rotatable bonds is 5. The molecule has 2 heterocycles. The summed E-state index contributed by atoms with van der Waals surface area (Å²) in [5.74, 6) is -0.825. The Morgan fingerprint density at radius 3 is 2.69 bits per heavy atom. The van der Waals surface area contributed by atoms with E-state index in [2.05, 4.69) is 20.6 Å². The zero-order valence-corrected chi connectivity index (χ0v) is 19.9. The van der Waals surface area contributed by atoms with Crippen LogP contribution in [0.5, 0.6) is 0 Å². The van der Waals surface area contributed by atoms with Crippen molar-refractivity contribution < 1.29 is 14.0 Å². The van der Waals surface area contributed by atoms with Crippen molar-refractivity contribution in [3.63, 3.8) is 0 Å². The van der Waals surface area contributed by atoms with Crippen LogP contribution in [0.15, 0.2) is 53.3 Å². The summed E-state index contributed by atoms with van der Waals surface area (Å²) >= 11 is 5.90. The number of aromatic nitrogens is 2. The van der Waals surface area contributed by atoms with E-state index in [1.165, 1.54) is 24.3 Å². The zero-order chi connectivity index (χ0) is 25.1. The highest BCUT2D eigenvalue weighted by Gasteiger charge is 2.29. The molecule has 1 aromatic heterocycles. The number of nitrogens with one attached hydrogen (secondary N) is 3. The topological polar surface area (TPSA) is 110 Å². The fourth-order valence-corrected chi connectivity index (χ4v) is 3.98. The van der Waals surface area contributed by atoms with E-state index in [4.69, 9.17) is 11.6 Å². The number of carbonyl (C=O) groups excluding carboxylic acids is 2. The number of hydrogen-bond acceptors (Lipinski definition) is 5. The predicted octanol–water partition coefficient (Wildman–Crippen LogP) is 3.90. The maximum atomic E-state index is 14.6. The van der Waals surface area contributed by atoms with Gasteiger partial charge < -0.3 is 20.4 Å². The van der Waals surface area contributed by atoms with Gasteiger partial charge in [0, 0.05) is 55.4 Å². The van der Waals surface area contributed by atoms with Crippen molar-refractivity contribution in [2.24, 2.45) is 0 Å². The fraction of sp³-hybridized carbons (Fsp3) is 0.250. The molecule has 9 nitrogen and oxygen atoms in total. The minimum Gasteiger partial charge on any atom is -0.348 e. The number of amides is 3.